The average Bonchev–Trinajstić information content (AvgIpc) is 2.18. The molecule has 1 amide bonds. The molecule has 0 fully saturated rings. The molecule has 0 spiro atoms. The maximum absolute atomic E-state index is 11.3. The molecule has 5 nitrogen and oxygen atoms in total. The van der Waals surface area contributed by atoms with Crippen LogP contribution in [-0.2, 0) is 4.79 Å². The highest BCUT2D eigenvalue weighted by atomic mass is 16.4. The van der Waals surface area contributed by atoms with E-state index in [1.807, 2.05) is 0 Å². The summed E-state index contributed by atoms with van der Waals surface area (Å²) < 4.78 is 0. The summed E-state index contributed by atoms with van der Waals surface area (Å²) in [5.74, 6) is -1.17. The summed E-state index contributed by atoms with van der Waals surface area (Å²) in [4.78, 5) is 22.2. The van der Waals surface area contributed by atoms with Crippen LogP contribution in [0.4, 0.5) is 11.4 Å². The normalized spacial score (nSPS) is 18.7. The molecule has 0 aliphatic carbocycles. The van der Waals surface area contributed by atoms with Crippen molar-refractivity contribution >= 4 is 23.3 Å². The lowest BCUT2D eigenvalue weighted by atomic mass is 10.1. The van der Waals surface area contributed by atoms with Gasteiger partial charge in [0.2, 0.25) is 5.91 Å². The van der Waals surface area contributed by atoms with Gasteiger partial charge in [0, 0.05) is 0 Å². The smallest absolute Gasteiger partial charge is 0.337 e. The van der Waals surface area contributed by atoms with Crippen molar-refractivity contribution in [2.24, 2.45) is 0 Å². The van der Waals surface area contributed by atoms with Crippen molar-refractivity contribution < 1.29 is 14.7 Å². The minimum atomic E-state index is -1.01. The Bertz CT molecular complexity index is 442. The van der Waals surface area contributed by atoms with E-state index in [-0.39, 0.29) is 11.5 Å². The fourth-order valence-corrected chi connectivity index (χ4v) is 1.51. The number of para-hydroxylation sites is 1. The van der Waals surface area contributed by atoms with Gasteiger partial charge in [-0.2, -0.15) is 0 Å². The van der Waals surface area contributed by atoms with Crippen LogP contribution in [0.5, 0.6) is 0 Å². The molecule has 78 valence electrons. The number of carboxylic acid groups (broad SMARTS) is 1. The number of carbonyl (C=O) groups excluding carboxylic acids is 1. The molecule has 0 saturated carbocycles. The highest BCUT2D eigenvalue weighted by molar-refractivity contribution is 6.07. The Hall–Kier alpha value is -2.04. The number of fused-ring (bicyclic) bond motifs is 1. The first-order chi connectivity index (χ1) is 7.09. The Labute approximate surface area is 86.1 Å². The van der Waals surface area contributed by atoms with Gasteiger partial charge in [-0.15, -0.1) is 0 Å². The van der Waals surface area contributed by atoms with Crippen LogP contribution in [0.15, 0.2) is 18.2 Å². The van der Waals surface area contributed by atoms with E-state index in [2.05, 4.69) is 10.6 Å². The number of hydrogen-bond donors (Lipinski definition) is 3. The third-order valence-electron chi connectivity index (χ3n) is 2.31. The van der Waals surface area contributed by atoms with E-state index in [0.717, 1.165) is 0 Å². The first-order valence-electron chi connectivity index (χ1n) is 4.53. The lowest BCUT2D eigenvalue weighted by Crippen LogP contribution is -2.37. The summed E-state index contributed by atoms with van der Waals surface area (Å²) in [7, 11) is 0. The van der Waals surface area contributed by atoms with Gasteiger partial charge in [0.15, 0.2) is 0 Å². The fourth-order valence-electron chi connectivity index (χ4n) is 1.51. The van der Waals surface area contributed by atoms with Crippen LogP contribution >= 0.6 is 0 Å². The number of aromatic carboxylic acids is 1. The quantitative estimate of drug-likeness (QED) is 0.643. The number of carboxylic acids is 1. The molecular weight excluding hydrogens is 196 g/mol. The van der Waals surface area contributed by atoms with Crippen molar-refractivity contribution in [1.82, 2.24) is 0 Å². The second-order valence-electron chi connectivity index (χ2n) is 3.39. The lowest BCUT2D eigenvalue weighted by Gasteiger charge is -2.25. The Morgan fingerprint density at radius 2 is 2.20 bits per heavy atom. The number of nitrogens with one attached hydrogen (secondary N) is 2. The number of anilines is 2. The summed E-state index contributed by atoms with van der Waals surface area (Å²) >= 11 is 0. The predicted molar refractivity (Wildman–Crippen MR) is 55.1 cm³/mol. The van der Waals surface area contributed by atoms with Gasteiger partial charge in [0.1, 0.15) is 6.04 Å². The molecule has 1 aromatic rings. The highest BCUT2D eigenvalue weighted by Gasteiger charge is 2.24. The molecule has 1 aliphatic rings. The zero-order chi connectivity index (χ0) is 11.0. The van der Waals surface area contributed by atoms with E-state index in [0.29, 0.717) is 11.4 Å². The van der Waals surface area contributed by atoms with Crippen molar-refractivity contribution in [2.45, 2.75) is 13.0 Å². The van der Waals surface area contributed by atoms with Crippen molar-refractivity contribution in [3.05, 3.63) is 23.8 Å². The van der Waals surface area contributed by atoms with Crippen LogP contribution in [0, 0.1) is 0 Å². The molecule has 0 radical (unpaired) electrons. The Morgan fingerprint density at radius 3 is 2.87 bits per heavy atom. The summed E-state index contributed by atoms with van der Waals surface area (Å²) in [5.41, 5.74) is 1.15. The van der Waals surface area contributed by atoms with Gasteiger partial charge in [-0.25, -0.2) is 4.79 Å². The van der Waals surface area contributed by atoms with Crippen molar-refractivity contribution in [2.75, 3.05) is 10.6 Å². The van der Waals surface area contributed by atoms with Crippen LogP contribution in [0.2, 0.25) is 0 Å². The zero-order valence-electron chi connectivity index (χ0n) is 8.07. The van der Waals surface area contributed by atoms with Crippen LogP contribution < -0.4 is 10.6 Å². The number of hydrogen-bond acceptors (Lipinski definition) is 3. The molecule has 1 aromatic carbocycles. The van der Waals surface area contributed by atoms with Crippen molar-refractivity contribution in [1.29, 1.82) is 0 Å². The monoisotopic (exact) mass is 206 g/mol. The van der Waals surface area contributed by atoms with E-state index in [4.69, 9.17) is 5.11 Å². The summed E-state index contributed by atoms with van der Waals surface area (Å²) in [6.07, 6.45) is 0. The molecular formula is C10H10N2O3. The molecule has 3 N–H and O–H groups in total. The molecule has 15 heavy (non-hydrogen) atoms. The standard InChI is InChI=1S/C10H10N2O3/c1-5-9(13)12-7-4-2-3-6(10(14)15)8(7)11-5/h2-5,11H,1H3,(H,12,13)(H,14,15)/t5-/m1/s1. The minimum absolute atomic E-state index is 0.162. The maximum Gasteiger partial charge on any atom is 0.337 e. The number of carbonyl (C=O) groups is 2. The average molecular weight is 206 g/mol. The number of benzene rings is 1. The topological polar surface area (TPSA) is 78.4 Å². The molecule has 0 bridgehead atoms. The molecule has 1 heterocycles. The van der Waals surface area contributed by atoms with Crippen LogP contribution in [0.3, 0.4) is 0 Å². The third-order valence-corrected chi connectivity index (χ3v) is 2.31. The molecule has 0 unspecified atom stereocenters. The molecule has 0 saturated heterocycles. The van der Waals surface area contributed by atoms with Crippen LogP contribution in [0.25, 0.3) is 0 Å². The second kappa shape index (κ2) is 3.27. The number of rotatable bonds is 1. The first kappa shape index (κ1) is 9.51. The van der Waals surface area contributed by atoms with E-state index < -0.39 is 12.0 Å². The van der Waals surface area contributed by atoms with Gasteiger partial charge < -0.3 is 15.7 Å². The van der Waals surface area contributed by atoms with E-state index in [1.54, 1.807) is 19.1 Å². The van der Waals surface area contributed by atoms with Gasteiger partial charge in [0.25, 0.3) is 0 Å². The van der Waals surface area contributed by atoms with E-state index in [1.165, 1.54) is 6.07 Å². The lowest BCUT2D eigenvalue weighted by molar-refractivity contribution is -0.116. The van der Waals surface area contributed by atoms with E-state index in [9.17, 15) is 9.59 Å². The van der Waals surface area contributed by atoms with Crippen LogP contribution in [0.1, 0.15) is 17.3 Å². The van der Waals surface area contributed by atoms with Gasteiger partial charge in [-0.05, 0) is 19.1 Å². The van der Waals surface area contributed by atoms with E-state index >= 15 is 0 Å². The van der Waals surface area contributed by atoms with Crippen molar-refractivity contribution in [3.8, 4) is 0 Å². The van der Waals surface area contributed by atoms with Gasteiger partial charge in [-0.1, -0.05) is 6.07 Å². The number of amides is 1. The molecule has 1 aliphatic heterocycles. The molecule has 0 aromatic heterocycles. The van der Waals surface area contributed by atoms with Gasteiger partial charge >= 0.3 is 5.97 Å². The summed E-state index contributed by atoms with van der Waals surface area (Å²) in [5, 5.41) is 14.4. The Kier molecular flexibility index (Phi) is 2.07. The molecule has 5 heteroatoms. The minimum Gasteiger partial charge on any atom is -0.478 e. The highest BCUT2D eigenvalue weighted by Crippen LogP contribution is 2.30. The van der Waals surface area contributed by atoms with Crippen molar-refractivity contribution in [3.63, 3.8) is 0 Å². The third kappa shape index (κ3) is 1.52. The largest absolute Gasteiger partial charge is 0.478 e. The summed E-state index contributed by atoms with van der Waals surface area (Å²) in [6, 6.07) is 4.34. The maximum atomic E-state index is 11.3. The van der Waals surface area contributed by atoms with Crippen LogP contribution in [-0.4, -0.2) is 23.0 Å². The Balaban J connectivity index is 2.52. The zero-order valence-corrected chi connectivity index (χ0v) is 8.07. The Morgan fingerprint density at radius 1 is 1.47 bits per heavy atom. The molecule has 1 atom stereocenters. The van der Waals surface area contributed by atoms with Gasteiger partial charge in [0.05, 0.1) is 16.9 Å². The first-order valence-corrected chi connectivity index (χ1v) is 4.53. The summed E-state index contributed by atoms with van der Waals surface area (Å²) in [6.45, 7) is 1.68. The SMILES string of the molecule is C[C@H]1Nc2c(cccc2C(=O)O)NC1=O. The molecule has 2 rings (SSSR count). The second-order valence-corrected chi connectivity index (χ2v) is 3.39. The fraction of sp³-hybridized carbons (Fsp3) is 0.200. The van der Waals surface area contributed by atoms with Gasteiger partial charge in [-0.3, -0.25) is 4.79 Å². The predicted octanol–water partition coefficient (Wildman–Crippen LogP) is 1.14.